The number of nitrogens with one attached hydrogen (secondary N) is 1. The van der Waals surface area contributed by atoms with E-state index < -0.39 is 11.7 Å². The number of Topliss-reactive ketones (excluding diaryl/α,β-unsaturated/α-hetero) is 1. The van der Waals surface area contributed by atoms with Crippen molar-refractivity contribution in [2.75, 3.05) is 41.3 Å². The third kappa shape index (κ3) is 5.09. The number of hydrogen-bond donors (Lipinski definition) is 1. The molecule has 0 aliphatic carbocycles. The lowest BCUT2D eigenvalue weighted by Crippen LogP contribution is -2.47. The van der Waals surface area contributed by atoms with Crippen molar-refractivity contribution in [2.24, 2.45) is 7.05 Å². The van der Waals surface area contributed by atoms with Gasteiger partial charge in [0.1, 0.15) is 5.69 Å². The van der Waals surface area contributed by atoms with Crippen LogP contribution in [0.25, 0.3) is 11.1 Å². The van der Waals surface area contributed by atoms with Crippen LogP contribution < -0.4 is 15.1 Å². The van der Waals surface area contributed by atoms with Crippen molar-refractivity contribution in [3.63, 3.8) is 0 Å². The SMILES string of the molecule is Cc1cnc(N2CCN(c3ccc(NC(=O)C(=O)c4c(-c5ccccc5)cc(C)n4C)cc3)CC2)nc1. The highest BCUT2D eigenvalue weighted by Gasteiger charge is 2.25. The predicted molar refractivity (Wildman–Crippen MR) is 146 cm³/mol. The van der Waals surface area contributed by atoms with Gasteiger partial charge in [-0.05, 0) is 55.3 Å². The Kier molecular flexibility index (Phi) is 6.72. The quantitative estimate of drug-likeness (QED) is 0.319. The maximum Gasteiger partial charge on any atom is 0.298 e. The summed E-state index contributed by atoms with van der Waals surface area (Å²) >= 11 is 0. The molecule has 1 aliphatic heterocycles. The number of aromatic nitrogens is 3. The molecule has 0 unspecified atom stereocenters. The van der Waals surface area contributed by atoms with Crippen LogP contribution in [0.4, 0.5) is 17.3 Å². The summed E-state index contributed by atoms with van der Waals surface area (Å²) in [5.74, 6) is -0.456. The Morgan fingerprint density at radius 3 is 2.11 bits per heavy atom. The molecule has 8 heteroatoms. The lowest BCUT2D eigenvalue weighted by Gasteiger charge is -2.36. The molecule has 1 aliphatic rings. The number of rotatable bonds is 6. The zero-order chi connectivity index (χ0) is 25.9. The smallest absolute Gasteiger partial charge is 0.298 e. The van der Waals surface area contributed by atoms with Gasteiger partial charge in [-0.2, -0.15) is 0 Å². The molecule has 37 heavy (non-hydrogen) atoms. The summed E-state index contributed by atoms with van der Waals surface area (Å²) in [6.45, 7) is 7.25. The maximum absolute atomic E-state index is 13.2. The summed E-state index contributed by atoms with van der Waals surface area (Å²) in [7, 11) is 1.81. The molecular formula is C29H30N6O2. The van der Waals surface area contributed by atoms with Gasteiger partial charge in [0, 0.05) is 68.3 Å². The topological polar surface area (TPSA) is 83.4 Å². The highest BCUT2D eigenvalue weighted by Crippen LogP contribution is 2.28. The number of nitrogens with zero attached hydrogens (tertiary/aromatic N) is 5. The van der Waals surface area contributed by atoms with Crippen LogP contribution in [0.5, 0.6) is 0 Å². The summed E-state index contributed by atoms with van der Waals surface area (Å²) in [4.78, 5) is 39.5. The molecule has 0 radical (unpaired) electrons. The molecule has 2 aromatic heterocycles. The van der Waals surface area contributed by atoms with Gasteiger partial charge >= 0.3 is 0 Å². The molecule has 1 N–H and O–H groups in total. The van der Waals surface area contributed by atoms with Gasteiger partial charge in [0.2, 0.25) is 5.95 Å². The van der Waals surface area contributed by atoms with Crippen molar-refractivity contribution >= 4 is 29.0 Å². The van der Waals surface area contributed by atoms with Gasteiger partial charge in [0.15, 0.2) is 0 Å². The molecule has 5 rings (SSSR count). The molecule has 4 aromatic rings. The van der Waals surface area contributed by atoms with Crippen LogP contribution >= 0.6 is 0 Å². The Morgan fingerprint density at radius 2 is 1.46 bits per heavy atom. The summed E-state index contributed by atoms with van der Waals surface area (Å²) in [5.41, 5.74) is 5.65. The van der Waals surface area contributed by atoms with E-state index in [1.807, 2.05) is 94.0 Å². The van der Waals surface area contributed by atoms with Crippen LogP contribution in [0.15, 0.2) is 73.1 Å². The Morgan fingerprint density at radius 1 is 0.838 bits per heavy atom. The zero-order valence-corrected chi connectivity index (χ0v) is 21.3. The van der Waals surface area contributed by atoms with Crippen LogP contribution in [0.1, 0.15) is 21.7 Å². The second-order valence-electron chi connectivity index (χ2n) is 9.34. The van der Waals surface area contributed by atoms with Crippen molar-refractivity contribution in [3.05, 3.63) is 90.0 Å². The third-order valence-electron chi connectivity index (χ3n) is 6.80. The first-order chi connectivity index (χ1) is 17.9. The molecule has 0 atom stereocenters. The van der Waals surface area contributed by atoms with E-state index in [0.717, 1.165) is 60.2 Å². The Labute approximate surface area is 216 Å². The maximum atomic E-state index is 13.2. The largest absolute Gasteiger partial charge is 0.368 e. The predicted octanol–water partition coefficient (Wildman–Crippen LogP) is 4.25. The first-order valence-electron chi connectivity index (χ1n) is 12.4. The van der Waals surface area contributed by atoms with Gasteiger partial charge in [0.05, 0.1) is 0 Å². The van der Waals surface area contributed by atoms with E-state index in [0.29, 0.717) is 11.4 Å². The van der Waals surface area contributed by atoms with Gasteiger partial charge in [-0.1, -0.05) is 30.3 Å². The minimum absolute atomic E-state index is 0.383. The highest BCUT2D eigenvalue weighted by atomic mass is 16.2. The monoisotopic (exact) mass is 494 g/mol. The standard InChI is InChI=1S/C29H30N6O2/c1-20-18-30-29(31-19-20)35-15-13-34(14-16-35)24-11-9-23(10-12-24)32-28(37)27(36)26-25(17-21(2)33(26)3)22-7-5-4-6-8-22/h4-12,17-19H,13-16H2,1-3H3,(H,32,37). The van der Waals surface area contributed by atoms with Crippen molar-refractivity contribution in [1.29, 1.82) is 0 Å². The molecule has 188 valence electrons. The molecular weight excluding hydrogens is 464 g/mol. The molecule has 0 bridgehead atoms. The van der Waals surface area contributed by atoms with Crippen molar-refractivity contribution in [1.82, 2.24) is 14.5 Å². The van der Waals surface area contributed by atoms with E-state index in [-0.39, 0.29) is 0 Å². The highest BCUT2D eigenvalue weighted by molar-refractivity contribution is 6.47. The Bertz CT molecular complexity index is 1400. The number of piperazine rings is 1. The fourth-order valence-electron chi connectivity index (χ4n) is 4.61. The van der Waals surface area contributed by atoms with Crippen molar-refractivity contribution in [2.45, 2.75) is 13.8 Å². The van der Waals surface area contributed by atoms with Gasteiger partial charge < -0.3 is 19.7 Å². The summed E-state index contributed by atoms with van der Waals surface area (Å²) in [6, 6.07) is 19.2. The third-order valence-corrected chi connectivity index (χ3v) is 6.80. The summed E-state index contributed by atoms with van der Waals surface area (Å²) in [5, 5.41) is 2.77. The number of amides is 1. The Hall–Kier alpha value is -4.46. The number of carbonyl (C=O) groups is 2. The number of ketones is 1. The van der Waals surface area contributed by atoms with Gasteiger partial charge in [-0.3, -0.25) is 9.59 Å². The van der Waals surface area contributed by atoms with Crippen molar-refractivity contribution < 1.29 is 9.59 Å². The molecule has 2 aromatic carbocycles. The van der Waals surface area contributed by atoms with Gasteiger partial charge in [-0.25, -0.2) is 9.97 Å². The lowest BCUT2D eigenvalue weighted by molar-refractivity contribution is -0.112. The minimum Gasteiger partial charge on any atom is -0.368 e. The first-order valence-corrected chi connectivity index (χ1v) is 12.4. The summed E-state index contributed by atoms with van der Waals surface area (Å²) < 4.78 is 1.77. The van der Waals surface area contributed by atoms with E-state index in [1.165, 1.54) is 0 Å². The first kappa shape index (κ1) is 24.2. The molecule has 3 heterocycles. The second-order valence-corrected chi connectivity index (χ2v) is 9.34. The minimum atomic E-state index is -0.655. The average Bonchev–Trinajstić information content (AvgIpc) is 3.23. The Balaban J connectivity index is 1.23. The van der Waals surface area contributed by atoms with Gasteiger partial charge in [0.25, 0.3) is 11.7 Å². The molecule has 1 saturated heterocycles. The van der Waals surface area contributed by atoms with Crippen LogP contribution in [-0.2, 0) is 11.8 Å². The van der Waals surface area contributed by atoms with Crippen molar-refractivity contribution in [3.8, 4) is 11.1 Å². The summed E-state index contributed by atoms with van der Waals surface area (Å²) in [6.07, 6.45) is 3.68. The van der Waals surface area contributed by atoms with Crippen LogP contribution in [0.3, 0.4) is 0 Å². The number of hydrogen-bond acceptors (Lipinski definition) is 6. The average molecular weight is 495 g/mol. The van der Waals surface area contributed by atoms with E-state index in [1.54, 1.807) is 4.57 Å². The molecule has 8 nitrogen and oxygen atoms in total. The number of aryl methyl sites for hydroxylation is 2. The van der Waals surface area contributed by atoms with Crippen LogP contribution in [-0.4, -0.2) is 52.4 Å². The van der Waals surface area contributed by atoms with Crippen LogP contribution in [0.2, 0.25) is 0 Å². The van der Waals surface area contributed by atoms with E-state index in [4.69, 9.17) is 0 Å². The zero-order valence-electron chi connectivity index (χ0n) is 21.3. The molecule has 0 saturated carbocycles. The second kappa shape index (κ2) is 10.3. The normalized spacial score (nSPS) is 13.5. The number of benzene rings is 2. The van der Waals surface area contributed by atoms with E-state index in [9.17, 15) is 9.59 Å². The molecule has 1 amide bonds. The molecule has 0 spiro atoms. The number of anilines is 3. The number of carbonyl (C=O) groups excluding carboxylic acids is 2. The van der Waals surface area contributed by atoms with E-state index in [2.05, 4.69) is 25.1 Å². The fraction of sp³-hybridized carbons (Fsp3) is 0.241. The van der Waals surface area contributed by atoms with E-state index >= 15 is 0 Å². The fourth-order valence-corrected chi connectivity index (χ4v) is 4.61. The van der Waals surface area contributed by atoms with Crippen LogP contribution in [0, 0.1) is 13.8 Å². The molecule has 1 fully saturated rings. The lowest BCUT2D eigenvalue weighted by atomic mass is 10.0. The van der Waals surface area contributed by atoms with Gasteiger partial charge in [-0.15, -0.1) is 0 Å².